The molecule has 2 heterocycles. The molecule has 2 rings (SSSR count). The van der Waals surface area contributed by atoms with E-state index in [1.807, 2.05) is 12.3 Å². The average Bonchev–Trinajstić information content (AvgIpc) is 2.38. The normalized spacial score (nSPS) is 17.6. The lowest BCUT2D eigenvalue weighted by molar-refractivity contribution is 0.477. The van der Waals surface area contributed by atoms with Crippen LogP contribution in [-0.4, -0.2) is 22.5 Å². The fourth-order valence-electron chi connectivity index (χ4n) is 2.10. The zero-order valence-electron chi connectivity index (χ0n) is 9.91. The maximum absolute atomic E-state index is 4.47. The van der Waals surface area contributed by atoms with Crippen LogP contribution >= 0.6 is 11.8 Å². The lowest BCUT2D eigenvalue weighted by Crippen LogP contribution is -2.32. The molecule has 1 aromatic rings. The third kappa shape index (κ3) is 3.22. The topological polar surface area (TPSA) is 24.9 Å². The highest BCUT2D eigenvalue weighted by molar-refractivity contribution is 7.99. The second kappa shape index (κ2) is 6.26. The van der Waals surface area contributed by atoms with Gasteiger partial charge in [0.05, 0.1) is 5.69 Å². The molecular formula is C13H20N2S. The Morgan fingerprint density at radius 3 is 3.00 bits per heavy atom. The summed E-state index contributed by atoms with van der Waals surface area (Å²) in [5.74, 6) is 2.61. The largest absolute Gasteiger partial charge is 0.308 e. The van der Waals surface area contributed by atoms with Gasteiger partial charge < -0.3 is 5.32 Å². The second-order valence-electron chi connectivity index (χ2n) is 4.23. The van der Waals surface area contributed by atoms with E-state index < -0.39 is 0 Å². The molecule has 0 aliphatic carbocycles. The fraction of sp³-hybridized carbons (Fsp3) is 0.615. The zero-order valence-corrected chi connectivity index (χ0v) is 10.7. The molecule has 0 spiro atoms. The van der Waals surface area contributed by atoms with Crippen LogP contribution in [0.15, 0.2) is 18.3 Å². The minimum absolute atomic E-state index is 0.702. The van der Waals surface area contributed by atoms with Gasteiger partial charge in [0.25, 0.3) is 0 Å². The molecule has 1 saturated heterocycles. The van der Waals surface area contributed by atoms with Gasteiger partial charge in [-0.1, -0.05) is 13.0 Å². The minimum atomic E-state index is 0.702. The predicted molar refractivity (Wildman–Crippen MR) is 70.8 cm³/mol. The van der Waals surface area contributed by atoms with Gasteiger partial charge in [-0.05, 0) is 42.4 Å². The molecule has 1 aliphatic rings. The third-order valence-corrected chi connectivity index (χ3v) is 4.19. The Morgan fingerprint density at radius 2 is 2.25 bits per heavy atom. The summed E-state index contributed by atoms with van der Waals surface area (Å²) in [5.41, 5.74) is 2.60. The summed E-state index contributed by atoms with van der Waals surface area (Å²) in [5, 5.41) is 3.64. The van der Waals surface area contributed by atoms with Crippen molar-refractivity contribution in [1.82, 2.24) is 10.3 Å². The van der Waals surface area contributed by atoms with Crippen LogP contribution in [0, 0.1) is 0 Å². The van der Waals surface area contributed by atoms with Crippen molar-refractivity contribution in [1.29, 1.82) is 0 Å². The molecular weight excluding hydrogens is 216 g/mol. The van der Waals surface area contributed by atoms with Crippen molar-refractivity contribution in [2.75, 3.05) is 11.5 Å². The first-order valence-electron chi connectivity index (χ1n) is 6.14. The van der Waals surface area contributed by atoms with Crippen molar-refractivity contribution < 1.29 is 0 Å². The Morgan fingerprint density at radius 1 is 1.44 bits per heavy atom. The molecule has 1 fully saturated rings. The maximum atomic E-state index is 4.47. The highest BCUT2D eigenvalue weighted by Crippen LogP contribution is 2.17. The van der Waals surface area contributed by atoms with Crippen molar-refractivity contribution in [3.8, 4) is 0 Å². The number of aromatic nitrogens is 1. The number of hydrogen-bond donors (Lipinski definition) is 1. The molecule has 3 heteroatoms. The molecule has 0 radical (unpaired) electrons. The van der Waals surface area contributed by atoms with E-state index >= 15 is 0 Å². The number of nitrogens with one attached hydrogen (secondary N) is 1. The molecule has 0 atom stereocenters. The van der Waals surface area contributed by atoms with Crippen molar-refractivity contribution >= 4 is 11.8 Å². The van der Waals surface area contributed by atoms with Crippen LogP contribution in [0.25, 0.3) is 0 Å². The first-order chi connectivity index (χ1) is 7.90. The lowest BCUT2D eigenvalue weighted by atomic mass is 10.1. The summed E-state index contributed by atoms with van der Waals surface area (Å²) in [4.78, 5) is 4.47. The Labute approximate surface area is 102 Å². The second-order valence-corrected chi connectivity index (χ2v) is 5.46. The molecule has 0 saturated carbocycles. The fourth-order valence-corrected chi connectivity index (χ4v) is 3.20. The molecule has 0 bridgehead atoms. The molecule has 88 valence electrons. The lowest BCUT2D eigenvalue weighted by Gasteiger charge is -2.22. The molecule has 0 amide bonds. The van der Waals surface area contributed by atoms with Crippen LogP contribution in [0.3, 0.4) is 0 Å². The van der Waals surface area contributed by atoms with E-state index in [0.29, 0.717) is 6.04 Å². The first-order valence-corrected chi connectivity index (χ1v) is 7.29. The number of hydrogen-bond acceptors (Lipinski definition) is 3. The van der Waals surface area contributed by atoms with E-state index in [1.165, 1.54) is 35.6 Å². The Bertz CT molecular complexity index is 321. The predicted octanol–water partition coefficient (Wildman–Crippen LogP) is 2.63. The number of rotatable bonds is 4. The van der Waals surface area contributed by atoms with Crippen LogP contribution in [-0.2, 0) is 13.0 Å². The quantitative estimate of drug-likeness (QED) is 0.870. The van der Waals surface area contributed by atoms with Crippen LogP contribution in [0.4, 0.5) is 0 Å². The van der Waals surface area contributed by atoms with Crippen LogP contribution in [0.1, 0.15) is 31.0 Å². The molecule has 1 aliphatic heterocycles. The number of nitrogens with zero attached hydrogens (tertiary/aromatic N) is 1. The van der Waals surface area contributed by atoms with Gasteiger partial charge >= 0.3 is 0 Å². The summed E-state index contributed by atoms with van der Waals surface area (Å²) < 4.78 is 0. The van der Waals surface area contributed by atoms with Crippen molar-refractivity contribution in [2.24, 2.45) is 0 Å². The maximum Gasteiger partial charge on any atom is 0.0573 e. The minimum Gasteiger partial charge on any atom is -0.308 e. The highest BCUT2D eigenvalue weighted by atomic mass is 32.2. The van der Waals surface area contributed by atoms with E-state index in [1.54, 1.807) is 0 Å². The smallest absolute Gasteiger partial charge is 0.0573 e. The summed E-state index contributed by atoms with van der Waals surface area (Å²) in [6.45, 7) is 3.12. The van der Waals surface area contributed by atoms with Crippen molar-refractivity contribution in [3.63, 3.8) is 0 Å². The van der Waals surface area contributed by atoms with Gasteiger partial charge in [-0.25, -0.2) is 0 Å². The number of thioether (sulfide) groups is 1. The standard InChI is InChI=1S/C13H20N2S/c1-2-11-4-3-7-14-13(11)10-15-12-5-8-16-9-6-12/h3-4,7,12,15H,2,5-6,8-10H2,1H3. The molecule has 0 aromatic carbocycles. The first kappa shape index (κ1) is 11.9. The van der Waals surface area contributed by atoms with Gasteiger partial charge in [0, 0.05) is 18.8 Å². The van der Waals surface area contributed by atoms with Gasteiger partial charge in [-0.2, -0.15) is 11.8 Å². The summed E-state index contributed by atoms with van der Waals surface area (Å²) in [7, 11) is 0. The molecule has 1 N–H and O–H groups in total. The molecule has 1 aromatic heterocycles. The third-order valence-electron chi connectivity index (χ3n) is 3.14. The van der Waals surface area contributed by atoms with E-state index in [-0.39, 0.29) is 0 Å². The van der Waals surface area contributed by atoms with Crippen LogP contribution < -0.4 is 5.32 Å². The Hall–Kier alpha value is -0.540. The van der Waals surface area contributed by atoms with E-state index in [0.717, 1.165) is 13.0 Å². The number of aryl methyl sites for hydroxylation is 1. The van der Waals surface area contributed by atoms with Crippen molar-refractivity contribution in [3.05, 3.63) is 29.6 Å². The monoisotopic (exact) mass is 236 g/mol. The molecule has 0 unspecified atom stereocenters. The summed E-state index contributed by atoms with van der Waals surface area (Å²) in [6, 6.07) is 4.91. The van der Waals surface area contributed by atoms with E-state index in [9.17, 15) is 0 Å². The van der Waals surface area contributed by atoms with Gasteiger partial charge in [-0.3, -0.25) is 4.98 Å². The summed E-state index contributed by atoms with van der Waals surface area (Å²) >= 11 is 2.07. The van der Waals surface area contributed by atoms with Gasteiger partial charge in [0.2, 0.25) is 0 Å². The highest BCUT2D eigenvalue weighted by Gasteiger charge is 2.13. The van der Waals surface area contributed by atoms with E-state index in [2.05, 4.69) is 35.1 Å². The SMILES string of the molecule is CCc1cccnc1CNC1CCSCC1. The zero-order chi connectivity index (χ0) is 11.2. The van der Waals surface area contributed by atoms with Crippen LogP contribution in [0.2, 0.25) is 0 Å². The molecule has 2 nitrogen and oxygen atoms in total. The van der Waals surface area contributed by atoms with Crippen LogP contribution in [0.5, 0.6) is 0 Å². The van der Waals surface area contributed by atoms with Gasteiger partial charge in [0.15, 0.2) is 0 Å². The Kier molecular flexibility index (Phi) is 4.67. The van der Waals surface area contributed by atoms with Crippen molar-refractivity contribution in [2.45, 2.75) is 38.8 Å². The Balaban J connectivity index is 1.88. The van der Waals surface area contributed by atoms with Gasteiger partial charge in [-0.15, -0.1) is 0 Å². The van der Waals surface area contributed by atoms with Gasteiger partial charge in [0.1, 0.15) is 0 Å². The molecule has 16 heavy (non-hydrogen) atoms. The summed E-state index contributed by atoms with van der Waals surface area (Å²) in [6.07, 6.45) is 5.58. The van der Waals surface area contributed by atoms with E-state index in [4.69, 9.17) is 0 Å². The number of pyridine rings is 1. The average molecular weight is 236 g/mol.